The molecule has 0 aromatic heterocycles. The van der Waals surface area contributed by atoms with Gasteiger partial charge in [0, 0.05) is 6.54 Å². The summed E-state index contributed by atoms with van der Waals surface area (Å²) in [6.07, 6.45) is 0.386. The second kappa shape index (κ2) is 8.84. The van der Waals surface area contributed by atoms with Gasteiger partial charge >= 0.3 is 6.03 Å². The van der Waals surface area contributed by atoms with E-state index in [0.29, 0.717) is 18.1 Å². The van der Waals surface area contributed by atoms with Crippen LogP contribution in [-0.4, -0.2) is 25.0 Å². The van der Waals surface area contributed by atoms with Crippen molar-refractivity contribution >= 4 is 17.6 Å². The number of nitrogens with one attached hydrogen (secondary N) is 3. The van der Waals surface area contributed by atoms with E-state index in [1.807, 2.05) is 5.32 Å². The first-order chi connectivity index (χ1) is 12.4. The van der Waals surface area contributed by atoms with Crippen LogP contribution in [0, 0.1) is 23.3 Å². The fraction of sp³-hybridized carbons (Fsp3) is 0.176. The van der Waals surface area contributed by atoms with E-state index in [4.69, 9.17) is 0 Å². The van der Waals surface area contributed by atoms with Crippen molar-refractivity contribution in [2.24, 2.45) is 0 Å². The predicted octanol–water partition coefficient (Wildman–Crippen LogP) is 2.72. The number of hydrogen-bond donors (Lipinski definition) is 3. The van der Waals surface area contributed by atoms with Crippen LogP contribution >= 0.6 is 0 Å². The zero-order valence-electron chi connectivity index (χ0n) is 13.4. The van der Waals surface area contributed by atoms with Crippen molar-refractivity contribution in [1.29, 1.82) is 0 Å². The van der Waals surface area contributed by atoms with Crippen molar-refractivity contribution in [1.82, 2.24) is 10.6 Å². The second-order valence-electron chi connectivity index (χ2n) is 5.26. The number of hydrogen-bond acceptors (Lipinski definition) is 2. The molecule has 0 fully saturated rings. The number of urea groups is 1. The minimum absolute atomic E-state index is 0.203. The molecule has 5 nitrogen and oxygen atoms in total. The fourth-order valence-corrected chi connectivity index (χ4v) is 2.05. The number of carbonyl (C=O) groups excluding carboxylic acids is 2. The van der Waals surface area contributed by atoms with Crippen LogP contribution in [0.25, 0.3) is 0 Å². The molecule has 0 atom stereocenters. The van der Waals surface area contributed by atoms with Gasteiger partial charge in [-0.2, -0.15) is 0 Å². The van der Waals surface area contributed by atoms with Gasteiger partial charge in [0.25, 0.3) is 0 Å². The van der Waals surface area contributed by atoms with Gasteiger partial charge in [0.2, 0.25) is 5.91 Å². The second-order valence-corrected chi connectivity index (χ2v) is 5.26. The lowest BCUT2D eigenvalue weighted by atomic mass is 10.1. The standard InChI is InChI=1S/C17H15F4N3O2/c18-11-3-1-2-10(8-11)6-7-22-17(26)23-9-14(25)24-13-5-4-12(19)15(20)16(13)21/h1-5,8H,6-7,9H2,(H,24,25)(H2,22,23,26). The molecular formula is C17H15F4N3O2. The van der Waals surface area contributed by atoms with E-state index < -0.39 is 41.6 Å². The van der Waals surface area contributed by atoms with Gasteiger partial charge in [-0.1, -0.05) is 12.1 Å². The SMILES string of the molecule is O=C(CNC(=O)NCCc1cccc(F)c1)Nc1ccc(F)c(F)c1F. The summed E-state index contributed by atoms with van der Waals surface area (Å²) in [5.41, 5.74) is 0.152. The number of halogens is 4. The molecule has 138 valence electrons. The summed E-state index contributed by atoms with van der Waals surface area (Å²) in [7, 11) is 0. The number of carbonyl (C=O) groups is 2. The molecule has 9 heteroatoms. The molecule has 0 bridgehead atoms. The average Bonchev–Trinajstić information content (AvgIpc) is 2.60. The highest BCUT2D eigenvalue weighted by Crippen LogP contribution is 2.19. The number of anilines is 1. The van der Waals surface area contributed by atoms with Crippen molar-refractivity contribution in [3.63, 3.8) is 0 Å². The van der Waals surface area contributed by atoms with Gasteiger partial charge in [-0.15, -0.1) is 0 Å². The van der Waals surface area contributed by atoms with Gasteiger partial charge in [-0.3, -0.25) is 4.79 Å². The van der Waals surface area contributed by atoms with E-state index in [1.54, 1.807) is 12.1 Å². The van der Waals surface area contributed by atoms with Crippen LogP contribution in [0.5, 0.6) is 0 Å². The van der Waals surface area contributed by atoms with Crippen molar-refractivity contribution in [2.75, 3.05) is 18.4 Å². The summed E-state index contributed by atoms with van der Waals surface area (Å²) in [6, 6.07) is 6.76. The molecule has 0 radical (unpaired) electrons. The van der Waals surface area contributed by atoms with Crippen LogP contribution in [0.3, 0.4) is 0 Å². The van der Waals surface area contributed by atoms with Crippen LogP contribution in [0.4, 0.5) is 28.0 Å². The van der Waals surface area contributed by atoms with Crippen LogP contribution in [-0.2, 0) is 11.2 Å². The molecule has 0 heterocycles. The highest BCUT2D eigenvalue weighted by molar-refractivity contribution is 5.94. The molecule has 2 aromatic carbocycles. The fourth-order valence-electron chi connectivity index (χ4n) is 2.05. The third-order valence-corrected chi connectivity index (χ3v) is 3.31. The molecule has 2 aromatic rings. The normalized spacial score (nSPS) is 10.3. The highest BCUT2D eigenvalue weighted by Gasteiger charge is 2.15. The van der Waals surface area contributed by atoms with Crippen LogP contribution in [0.1, 0.15) is 5.56 Å². The van der Waals surface area contributed by atoms with Gasteiger partial charge in [0.05, 0.1) is 12.2 Å². The largest absolute Gasteiger partial charge is 0.338 e. The van der Waals surface area contributed by atoms with Gasteiger partial charge in [0.1, 0.15) is 5.82 Å². The summed E-state index contributed by atoms with van der Waals surface area (Å²) < 4.78 is 52.3. The summed E-state index contributed by atoms with van der Waals surface area (Å²) >= 11 is 0. The monoisotopic (exact) mass is 369 g/mol. The Morgan fingerprint density at radius 3 is 2.42 bits per heavy atom. The minimum Gasteiger partial charge on any atom is -0.338 e. The Morgan fingerprint density at radius 1 is 0.923 bits per heavy atom. The average molecular weight is 369 g/mol. The van der Waals surface area contributed by atoms with Gasteiger partial charge in [-0.05, 0) is 36.2 Å². The molecule has 2 rings (SSSR count). The zero-order valence-corrected chi connectivity index (χ0v) is 13.4. The molecule has 0 saturated heterocycles. The van der Waals surface area contributed by atoms with Crippen LogP contribution in [0.2, 0.25) is 0 Å². The zero-order chi connectivity index (χ0) is 19.1. The molecule has 0 aliphatic heterocycles. The van der Waals surface area contributed by atoms with Crippen molar-refractivity contribution in [2.45, 2.75) is 6.42 Å². The summed E-state index contributed by atoms with van der Waals surface area (Å²) in [5, 5.41) is 6.70. The Balaban J connectivity index is 1.73. The first-order valence-corrected chi connectivity index (χ1v) is 7.56. The van der Waals surface area contributed by atoms with Crippen molar-refractivity contribution in [3.05, 3.63) is 65.2 Å². The lowest BCUT2D eigenvalue weighted by molar-refractivity contribution is -0.115. The summed E-state index contributed by atoms with van der Waals surface area (Å²) in [6.45, 7) is -0.307. The summed E-state index contributed by atoms with van der Waals surface area (Å²) in [5.74, 6) is -5.82. The maximum absolute atomic E-state index is 13.4. The predicted molar refractivity (Wildman–Crippen MR) is 86.5 cm³/mol. The van der Waals surface area contributed by atoms with E-state index in [9.17, 15) is 27.2 Å². The van der Waals surface area contributed by atoms with Crippen LogP contribution < -0.4 is 16.0 Å². The third-order valence-electron chi connectivity index (χ3n) is 3.31. The van der Waals surface area contributed by atoms with E-state index in [-0.39, 0.29) is 12.4 Å². The van der Waals surface area contributed by atoms with Gasteiger partial charge in [0.15, 0.2) is 17.5 Å². The first-order valence-electron chi connectivity index (χ1n) is 7.56. The molecule has 0 saturated carbocycles. The van der Waals surface area contributed by atoms with E-state index in [1.165, 1.54) is 12.1 Å². The Hall–Kier alpha value is -3.10. The molecule has 3 N–H and O–H groups in total. The first kappa shape index (κ1) is 19.2. The van der Waals surface area contributed by atoms with Crippen LogP contribution in [0.15, 0.2) is 36.4 Å². The molecule has 26 heavy (non-hydrogen) atoms. The lowest BCUT2D eigenvalue weighted by Gasteiger charge is -2.09. The quantitative estimate of drug-likeness (QED) is 0.541. The molecular weight excluding hydrogens is 354 g/mol. The Labute approximate surface area is 146 Å². The van der Waals surface area contributed by atoms with E-state index in [0.717, 1.165) is 6.07 Å². The topological polar surface area (TPSA) is 70.2 Å². The van der Waals surface area contributed by atoms with E-state index >= 15 is 0 Å². The van der Waals surface area contributed by atoms with Gasteiger partial charge < -0.3 is 16.0 Å². The minimum atomic E-state index is -1.70. The Morgan fingerprint density at radius 2 is 1.69 bits per heavy atom. The molecule has 0 unspecified atom stereocenters. The maximum Gasteiger partial charge on any atom is 0.315 e. The number of benzene rings is 2. The highest BCUT2D eigenvalue weighted by atomic mass is 19.2. The number of amides is 3. The molecule has 3 amide bonds. The van der Waals surface area contributed by atoms with Crippen molar-refractivity contribution < 1.29 is 27.2 Å². The van der Waals surface area contributed by atoms with Gasteiger partial charge in [-0.25, -0.2) is 22.4 Å². The maximum atomic E-state index is 13.4. The molecule has 0 aliphatic rings. The number of rotatable bonds is 6. The lowest BCUT2D eigenvalue weighted by Crippen LogP contribution is -2.40. The summed E-state index contributed by atoms with van der Waals surface area (Å²) in [4.78, 5) is 23.2. The van der Waals surface area contributed by atoms with Crippen molar-refractivity contribution in [3.8, 4) is 0 Å². The smallest absolute Gasteiger partial charge is 0.315 e. The Kier molecular flexibility index (Phi) is 6.54. The molecule has 0 spiro atoms. The third kappa shape index (κ3) is 5.47. The Bertz CT molecular complexity index is 815. The molecule has 0 aliphatic carbocycles. The van der Waals surface area contributed by atoms with E-state index in [2.05, 4.69) is 10.6 Å².